The van der Waals surface area contributed by atoms with E-state index in [2.05, 4.69) is 14.6 Å². The summed E-state index contributed by atoms with van der Waals surface area (Å²) in [4.78, 5) is 41.6. The summed E-state index contributed by atoms with van der Waals surface area (Å²) in [7, 11) is 0. The van der Waals surface area contributed by atoms with Crippen molar-refractivity contribution >= 4 is 28.5 Å². The monoisotopic (exact) mass is 465 g/mol. The van der Waals surface area contributed by atoms with Crippen LogP contribution in [0.1, 0.15) is 57.7 Å². The zero-order valence-electron chi connectivity index (χ0n) is 19.8. The molecule has 5 aromatic rings. The van der Waals surface area contributed by atoms with Crippen molar-refractivity contribution in [2.24, 2.45) is 5.92 Å². The molecule has 0 aliphatic carbocycles. The highest BCUT2D eigenvalue weighted by Gasteiger charge is 2.43. The lowest BCUT2D eigenvalue weighted by Gasteiger charge is -2.26. The zero-order chi connectivity index (χ0) is 24.4. The molecule has 6 rings (SSSR count). The van der Waals surface area contributed by atoms with Gasteiger partial charge < -0.3 is 0 Å². The first-order chi connectivity index (χ1) is 16.9. The topological polar surface area (TPSA) is 98.3 Å². The molecule has 9 nitrogen and oxygen atoms in total. The van der Waals surface area contributed by atoms with Gasteiger partial charge in [-0.25, -0.2) is 14.5 Å². The smallest absolute Gasteiger partial charge is 0.262 e. The van der Waals surface area contributed by atoms with Crippen molar-refractivity contribution in [1.29, 1.82) is 0 Å². The Morgan fingerprint density at radius 2 is 1.63 bits per heavy atom. The van der Waals surface area contributed by atoms with Gasteiger partial charge in [-0.05, 0) is 49.6 Å². The van der Waals surface area contributed by atoms with E-state index < -0.39 is 6.04 Å². The number of pyridine rings is 1. The SMILES string of the molecule is Cc1c(C)n(-c2cccnc2)c2ncn3nc([C@@H](C(C)C)N4C(=O)c5ccccc5C4=O)nc3c12. The minimum absolute atomic E-state index is 0.0964. The maximum Gasteiger partial charge on any atom is 0.262 e. The first-order valence-electron chi connectivity index (χ1n) is 11.5. The third-order valence-electron chi connectivity index (χ3n) is 6.75. The van der Waals surface area contributed by atoms with E-state index in [9.17, 15) is 9.59 Å². The van der Waals surface area contributed by atoms with Gasteiger partial charge >= 0.3 is 0 Å². The molecule has 5 heterocycles. The van der Waals surface area contributed by atoms with Gasteiger partial charge in [-0.2, -0.15) is 0 Å². The van der Waals surface area contributed by atoms with Crippen LogP contribution in [0, 0.1) is 19.8 Å². The standard InChI is InChI=1S/C26H23N7O2/c1-14(2)21(33-25(34)18-9-5-6-10-19(18)26(33)35)22-29-24-20-15(3)16(4)32(17-8-7-11-27-12-17)23(20)28-13-31(24)30-22/h5-14,21H,1-4H3/t21-/m1/s1. The molecule has 35 heavy (non-hydrogen) atoms. The number of carbonyl (C=O) groups is 2. The number of carbonyl (C=O) groups excluding carboxylic acids is 2. The Balaban J connectivity index is 1.53. The van der Waals surface area contributed by atoms with Gasteiger partial charge in [-0.1, -0.05) is 26.0 Å². The fourth-order valence-electron chi connectivity index (χ4n) is 4.98. The summed E-state index contributed by atoms with van der Waals surface area (Å²) in [6.07, 6.45) is 5.16. The molecular formula is C26H23N7O2. The molecule has 0 spiro atoms. The lowest BCUT2D eigenvalue weighted by atomic mass is 10.0. The largest absolute Gasteiger partial charge is 0.297 e. The lowest BCUT2D eigenvalue weighted by Crippen LogP contribution is -2.37. The number of fused-ring (bicyclic) bond motifs is 4. The van der Waals surface area contributed by atoms with Gasteiger partial charge in [0.2, 0.25) is 0 Å². The van der Waals surface area contributed by atoms with Crippen molar-refractivity contribution in [3.8, 4) is 5.69 Å². The molecule has 174 valence electrons. The average Bonchev–Trinajstić information content (AvgIpc) is 3.47. The molecule has 0 N–H and O–H groups in total. The molecule has 0 unspecified atom stereocenters. The number of benzene rings is 1. The Kier molecular flexibility index (Phi) is 4.57. The Morgan fingerprint density at radius 3 is 2.26 bits per heavy atom. The van der Waals surface area contributed by atoms with Crippen LogP contribution in [-0.4, -0.2) is 45.8 Å². The first-order valence-corrected chi connectivity index (χ1v) is 11.5. The van der Waals surface area contributed by atoms with Crippen molar-refractivity contribution in [3.63, 3.8) is 0 Å². The van der Waals surface area contributed by atoms with E-state index >= 15 is 0 Å². The van der Waals surface area contributed by atoms with Gasteiger partial charge in [-0.3, -0.25) is 24.0 Å². The molecule has 9 heteroatoms. The Morgan fingerprint density at radius 1 is 0.914 bits per heavy atom. The number of imide groups is 1. The van der Waals surface area contributed by atoms with E-state index in [0.29, 0.717) is 22.6 Å². The Hall–Kier alpha value is -4.40. The molecule has 0 radical (unpaired) electrons. The molecule has 1 aromatic carbocycles. The van der Waals surface area contributed by atoms with Crippen LogP contribution in [0.15, 0.2) is 55.1 Å². The maximum atomic E-state index is 13.2. The lowest BCUT2D eigenvalue weighted by molar-refractivity contribution is 0.0529. The number of aromatic nitrogens is 6. The van der Waals surface area contributed by atoms with Crippen LogP contribution in [0.2, 0.25) is 0 Å². The van der Waals surface area contributed by atoms with Gasteiger partial charge in [-0.15, -0.1) is 5.10 Å². The molecule has 2 amide bonds. The Labute approximate surface area is 201 Å². The van der Waals surface area contributed by atoms with Gasteiger partial charge in [0.15, 0.2) is 17.1 Å². The quantitative estimate of drug-likeness (QED) is 0.371. The summed E-state index contributed by atoms with van der Waals surface area (Å²) >= 11 is 0. The van der Waals surface area contributed by atoms with Crippen LogP contribution in [0.3, 0.4) is 0 Å². The number of amides is 2. The number of nitrogens with zero attached hydrogens (tertiary/aromatic N) is 7. The highest BCUT2D eigenvalue weighted by Crippen LogP contribution is 2.36. The van der Waals surface area contributed by atoms with E-state index in [1.807, 2.05) is 39.8 Å². The summed E-state index contributed by atoms with van der Waals surface area (Å²) in [5, 5.41) is 5.56. The van der Waals surface area contributed by atoms with Gasteiger partial charge in [0.25, 0.3) is 11.8 Å². The van der Waals surface area contributed by atoms with Crippen LogP contribution in [-0.2, 0) is 0 Å². The second-order valence-corrected chi connectivity index (χ2v) is 9.15. The summed E-state index contributed by atoms with van der Waals surface area (Å²) in [6, 6.07) is 10.2. The molecule has 0 bridgehead atoms. The van der Waals surface area contributed by atoms with Crippen molar-refractivity contribution in [3.05, 3.63) is 83.3 Å². The molecule has 0 saturated heterocycles. The van der Waals surface area contributed by atoms with Crippen molar-refractivity contribution in [2.45, 2.75) is 33.7 Å². The minimum Gasteiger partial charge on any atom is -0.297 e. The number of hydrogen-bond donors (Lipinski definition) is 0. The van der Waals surface area contributed by atoms with Crippen LogP contribution in [0.4, 0.5) is 0 Å². The first kappa shape index (κ1) is 21.2. The fourth-order valence-corrected chi connectivity index (χ4v) is 4.98. The molecule has 0 saturated carbocycles. The molecular weight excluding hydrogens is 442 g/mol. The summed E-state index contributed by atoms with van der Waals surface area (Å²) < 4.78 is 3.68. The van der Waals surface area contributed by atoms with Crippen molar-refractivity contribution in [2.75, 3.05) is 0 Å². The summed E-state index contributed by atoms with van der Waals surface area (Å²) in [5.41, 5.74) is 5.18. The fraction of sp³-hybridized carbons (Fsp3) is 0.231. The molecule has 1 aliphatic rings. The highest BCUT2D eigenvalue weighted by atomic mass is 16.2. The van der Waals surface area contributed by atoms with E-state index in [-0.39, 0.29) is 17.7 Å². The molecule has 4 aromatic heterocycles. The van der Waals surface area contributed by atoms with Crippen LogP contribution in [0.5, 0.6) is 0 Å². The van der Waals surface area contributed by atoms with Crippen molar-refractivity contribution in [1.82, 2.24) is 34.0 Å². The molecule has 1 atom stereocenters. The highest BCUT2D eigenvalue weighted by molar-refractivity contribution is 6.21. The number of aryl methyl sites for hydroxylation is 1. The van der Waals surface area contributed by atoms with E-state index in [0.717, 1.165) is 28.0 Å². The van der Waals surface area contributed by atoms with Crippen LogP contribution in [0.25, 0.3) is 22.4 Å². The average molecular weight is 466 g/mol. The van der Waals surface area contributed by atoms with Gasteiger partial charge in [0.05, 0.1) is 28.4 Å². The second-order valence-electron chi connectivity index (χ2n) is 9.15. The Bertz CT molecular complexity index is 1610. The molecule has 0 fully saturated rings. The second kappa shape index (κ2) is 7.56. The summed E-state index contributed by atoms with van der Waals surface area (Å²) in [6.45, 7) is 7.99. The molecule has 1 aliphatic heterocycles. The van der Waals surface area contributed by atoms with Crippen LogP contribution >= 0.6 is 0 Å². The van der Waals surface area contributed by atoms with E-state index in [1.165, 1.54) is 4.90 Å². The number of rotatable bonds is 4. The minimum atomic E-state index is -0.612. The van der Waals surface area contributed by atoms with Gasteiger partial charge in [0, 0.05) is 11.9 Å². The van der Waals surface area contributed by atoms with E-state index in [4.69, 9.17) is 9.97 Å². The van der Waals surface area contributed by atoms with Gasteiger partial charge in [0.1, 0.15) is 12.4 Å². The number of hydrogen-bond acceptors (Lipinski definition) is 6. The third-order valence-corrected chi connectivity index (χ3v) is 6.75. The van der Waals surface area contributed by atoms with E-state index in [1.54, 1.807) is 47.5 Å². The van der Waals surface area contributed by atoms with Crippen LogP contribution < -0.4 is 0 Å². The third kappa shape index (κ3) is 2.94. The maximum absolute atomic E-state index is 13.2. The van der Waals surface area contributed by atoms with Crippen molar-refractivity contribution < 1.29 is 9.59 Å². The normalized spacial score (nSPS) is 14.5. The predicted molar refractivity (Wildman–Crippen MR) is 129 cm³/mol. The predicted octanol–water partition coefficient (Wildman–Crippen LogP) is 4.07. The zero-order valence-corrected chi connectivity index (χ0v) is 19.8. The summed E-state index contributed by atoms with van der Waals surface area (Å²) in [5.74, 6) is -0.321.